The summed E-state index contributed by atoms with van der Waals surface area (Å²) in [5.74, 6) is -0.118. The van der Waals surface area contributed by atoms with Gasteiger partial charge in [0.25, 0.3) is 5.91 Å². The lowest BCUT2D eigenvalue weighted by Gasteiger charge is -2.19. The molecule has 4 nitrogen and oxygen atoms in total. The predicted molar refractivity (Wildman–Crippen MR) is 65.2 cm³/mol. The molecule has 0 saturated carbocycles. The molecule has 1 rings (SSSR count). The largest absolute Gasteiger partial charge is 0.397 e. The van der Waals surface area contributed by atoms with Crippen molar-refractivity contribution in [1.29, 1.82) is 0 Å². The first-order valence-corrected chi connectivity index (χ1v) is 5.30. The van der Waals surface area contributed by atoms with Crippen molar-refractivity contribution in [2.24, 2.45) is 5.41 Å². The van der Waals surface area contributed by atoms with Crippen molar-refractivity contribution in [2.45, 2.75) is 27.7 Å². The van der Waals surface area contributed by atoms with E-state index < -0.39 is 0 Å². The predicted octanol–water partition coefficient (Wildman–Crippen LogP) is 1.75. The molecule has 3 N–H and O–H groups in total. The second-order valence-corrected chi connectivity index (χ2v) is 5.14. The van der Waals surface area contributed by atoms with Gasteiger partial charge in [0, 0.05) is 6.54 Å². The van der Waals surface area contributed by atoms with Gasteiger partial charge in [-0.15, -0.1) is 0 Å². The first kappa shape index (κ1) is 12.5. The van der Waals surface area contributed by atoms with Crippen molar-refractivity contribution >= 4 is 11.6 Å². The zero-order valence-electron chi connectivity index (χ0n) is 10.3. The van der Waals surface area contributed by atoms with E-state index in [1.54, 1.807) is 19.2 Å². The number of rotatable bonds is 2. The number of amides is 1. The van der Waals surface area contributed by atoms with Gasteiger partial charge in [-0.1, -0.05) is 20.8 Å². The molecule has 1 aromatic rings. The summed E-state index contributed by atoms with van der Waals surface area (Å²) in [6, 6.07) is 1.65. The van der Waals surface area contributed by atoms with Crippen LogP contribution >= 0.6 is 0 Å². The summed E-state index contributed by atoms with van der Waals surface area (Å²) < 4.78 is 0. The molecule has 0 unspecified atom stereocenters. The summed E-state index contributed by atoms with van der Waals surface area (Å²) >= 11 is 0. The normalized spacial score (nSPS) is 11.2. The molecule has 0 fully saturated rings. The van der Waals surface area contributed by atoms with Gasteiger partial charge in [-0.25, -0.2) is 0 Å². The third kappa shape index (κ3) is 3.53. The van der Waals surface area contributed by atoms with Crippen LogP contribution in [0.3, 0.4) is 0 Å². The lowest BCUT2D eigenvalue weighted by Crippen LogP contribution is -2.32. The Morgan fingerprint density at radius 2 is 2.12 bits per heavy atom. The van der Waals surface area contributed by atoms with Crippen LogP contribution < -0.4 is 11.1 Å². The fourth-order valence-corrected chi connectivity index (χ4v) is 1.22. The molecular formula is C12H19N3O. The Hall–Kier alpha value is -1.58. The maximum absolute atomic E-state index is 11.9. The molecular weight excluding hydrogens is 202 g/mol. The highest BCUT2D eigenvalue weighted by Gasteiger charge is 2.14. The third-order valence-electron chi connectivity index (χ3n) is 2.13. The number of hydrogen-bond acceptors (Lipinski definition) is 3. The van der Waals surface area contributed by atoms with Crippen LogP contribution in [-0.4, -0.2) is 17.4 Å². The highest BCUT2D eigenvalue weighted by Crippen LogP contribution is 2.13. The molecule has 88 valence electrons. The van der Waals surface area contributed by atoms with Gasteiger partial charge in [-0.3, -0.25) is 9.78 Å². The van der Waals surface area contributed by atoms with Crippen LogP contribution in [-0.2, 0) is 0 Å². The molecule has 0 atom stereocenters. The third-order valence-corrected chi connectivity index (χ3v) is 2.13. The van der Waals surface area contributed by atoms with Crippen LogP contribution in [0, 0.1) is 12.3 Å². The molecule has 0 aromatic carbocycles. The van der Waals surface area contributed by atoms with Crippen molar-refractivity contribution in [1.82, 2.24) is 10.3 Å². The quantitative estimate of drug-likeness (QED) is 0.799. The number of carbonyl (C=O) groups is 1. The Kier molecular flexibility index (Phi) is 3.52. The Balaban J connectivity index is 2.77. The number of anilines is 1. The zero-order chi connectivity index (χ0) is 12.3. The number of aromatic nitrogens is 1. The number of nitrogens with two attached hydrogens (primary N) is 1. The minimum absolute atomic E-state index is 0.0668. The van der Waals surface area contributed by atoms with Crippen LogP contribution in [0.25, 0.3) is 0 Å². The van der Waals surface area contributed by atoms with Crippen molar-refractivity contribution in [3.63, 3.8) is 0 Å². The molecule has 4 heteroatoms. The number of carbonyl (C=O) groups excluding carboxylic acids is 1. The van der Waals surface area contributed by atoms with Crippen molar-refractivity contribution < 1.29 is 4.79 Å². The zero-order valence-corrected chi connectivity index (χ0v) is 10.3. The molecule has 0 saturated heterocycles. The fraction of sp³-hybridized carbons (Fsp3) is 0.500. The Labute approximate surface area is 96.3 Å². The first-order valence-electron chi connectivity index (χ1n) is 5.30. The summed E-state index contributed by atoms with van der Waals surface area (Å²) in [4.78, 5) is 15.9. The van der Waals surface area contributed by atoms with Gasteiger partial charge in [0.15, 0.2) is 0 Å². The Bertz CT molecular complexity index is 394. The van der Waals surface area contributed by atoms with E-state index in [0.717, 1.165) is 0 Å². The maximum atomic E-state index is 11.9. The van der Waals surface area contributed by atoms with Gasteiger partial charge in [0.05, 0.1) is 23.1 Å². The van der Waals surface area contributed by atoms with Crippen molar-refractivity contribution in [2.75, 3.05) is 12.3 Å². The van der Waals surface area contributed by atoms with E-state index in [2.05, 4.69) is 31.1 Å². The monoisotopic (exact) mass is 221 g/mol. The first-order chi connectivity index (χ1) is 7.29. The van der Waals surface area contributed by atoms with E-state index in [4.69, 9.17) is 5.73 Å². The van der Waals surface area contributed by atoms with Gasteiger partial charge >= 0.3 is 0 Å². The summed E-state index contributed by atoms with van der Waals surface area (Å²) in [5, 5.41) is 2.87. The lowest BCUT2D eigenvalue weighted by atomic mass is 9.97. The number of pyridine rings is 1. The molecule has 1 heterocycles. The highest BCUT2D eigenvalue weighted by atomic mass is 16.1. The van der Waals surface area contributed by atoms with E-state index in [1.807, 2.05) is 0 Å². The Morgan fingerprint density at radius 3 is 2.69 bits per heavy atom. The average Bonchev–Trinajstić information content (AvgIpc) is 2.17. The SMILES string of the molecule is Cc1ncc(N)cc1C(=O)NCC(C)(C)C. The van der Waals surface area contributed by atoms with Crippen LogP contribution in [0.15, 0.2) is 12.3 Å². The highest BCUT2D eigenvalue weighted by molar-refractivity contribution is 5.95. The van der Waals surface area contributed by atoms with Crippen LogP contribution in [0.1, 0.15) is 36.8 Å². The van der Waals surface area contributed by atoms with Gasteiger partial charge in [-0.05, 0) is 18.4 Å². The van der Waals surface area contributed by atoms with E-state index >= 15 is 0 Å². The summed E-state index contributed by atoms with van der Waals surface area (Å²) in [6.45, 7) is 8.62. The molecule has 0 aliphatic carbocycles. The molecule has 0 radical (unpaired) electrons. The Morgan fingerprint density at radius 1 is 1.50 bits per heavy atom. The molecule has 0 aliphatic rings. The summed E-state index contributed by atoms with van der Waals surface area (Å²) in [5.41, 5.74) is 7.42. The number of nitrogens with one attached hydrogen (secondary N) is 1. The molecule has 0 aliphatic heterocycles. The fourth-order valence-electron chi connectivity index (χ4n) is 1.22. The van der Waals surface area contributed by atoms with Crippen LogP contribution in [0.5, 0.6) is 0 Å². The second-order valence-electron chi connectivity index (χ2n) is 5.14. The van der Waals surface area contributed by atoms with E-state index in [9.17, 15) is 4.79 Å². The molecule has 1 aromatic heterocycles. The van der Waals surface area contributed by atoms with Crippen molar-refractivity contribution in [3.8, 4) is 0 Å². The van der Waals surface area contributed by atoms with E-state index in [0.29, 0.717) is 23.5 Å². The molecule has 0 spiro atoms. The number of hydrogen-bond donors (Lipinski definition) is 2. The standard InChI is InChI=1S/C12H19N3O/c1-8-10(5-9(13)6-14-8)11(16)15-7-12(2,3)4/h5-6H,7,13H2,1-4H3,(H,15,16). The topological polar surface area (TPSA) is 68.0 Å². The summed E-state index contributed by atoms with van der Waals surface area (Å²) in [7, 11) is 0. The van der Waals surface area contributed by atoms with Crippen LogP contribution in [0.2, 0.25) is 0 Å². The van der Waals surface area contributed by atoms with E-state index in [-0.39, 0.29) is 11.3 Å². The average molecular weight is 221 g/mol. The van der Waals surface area contributed by atoms with Gasteiger partial charge in [0.2, 0.25) is 0 Å². The second kappa shape index (κ2) is 4.51. The van der Waals surface area contributed by atoms with E-state index in [1.165, 1.54) is 0 Å². The number of aryl methyl sites for hydroxylation is 1. The lowest BCUT2D eigenvalue weighted by molar-refractivity contribution is 0.0938. The van der Waals surface area contributed by atoms with Gasteiger partial charge in [0.1, 0.15) is 0 Å². The minimum Gasteiger partial charge on any atom is -0.397 e. The van der Waals surface area contributed by atoms with Gasteiger partial charge < -0.3 is 11.1 Å². The molecule has 1 amide bonds. The maximum Gasteiger partial charge on any atom is 0.253 e. The molecule has 0 bridgehead atoms. The smallest absolute Gasteiger partial charge is 0.253 e. The number of nitrogens with zero attached hydrogens (tertiary/aromatic N) is 1. The van der Waals surface area contributed by atoms with Gasteiger partial charge in [-0.2, -0.15) is 0 Å². The summed E-state index contributed by atoms with van der Waals surface area (Å²) in [6.07, 6.45) is 1.55. The molecule has 16 heavy (non-hydrogen) atoms. The minimum atomic E-state index is -0.118. The van der Waals surface area contributed by atoms with Crippen molar-refractivity contribution in [3.05, 3.63) is 23.5 Å². The van der Waals surface area contributed by atoms with Crippen LogP contribution in [0.4, 0.5) is 5.69 Å². The number of nitrogen functional groups attached to an aromatic ring is 1.